The molecule has 0 amide bonds. The Labute approximate surface area is 280 Å². The maximum absolute atomic E-state index is 10.6. The van der Waals surface area contributed by atoms with E-state index in [1.165, 1.54) is 69.8 Å². The zero-order chi connectivity index (χ0) is 33.7. The number of likely N-dealkylation sites (N-methyl/N-ethyl adjacent to an activating group) is 1. The minimum absolute atomic E-state index is 0.284. The fourth-order valence-electron chi connectivity index (χ4n) is 6.37. The van der Waals surface area contributed by atoms with Crippen LogP contribution in [0.3, 0.4) is 0 Å². The van der Waals surface area contributed by atoms with Crippen molar-refractivity contribution in [1.82, 2.24) is 10.2 Å². The number of hydrogen-bond donors (Lipinski definition) is 2. The molecule has 0 aliphatic carbocycles. The Morgan fingerprint density at radius 1 is 0.935 bits per heavy atom. The fraction of sp³-hybridized carbons (Fsp3) is 0.575. The Morgan fingerprint density at radius 2 is 1.52 bits per heavy atom. The second kappa shape index (κ2) is 18.2. The molecule has 1 aromatic carbocycles. The van der Waals surface area contributed by atoms with Crippen LogP contribution in [-0.2, 0) is 6.42 Å². The fourth-order valence-corrected chi connectivity index (χ4v) is 6.37. The number of amidine groups is 1. The van der Waals surface area contributed by atoms with Gasteiger partial charge in [0.15, 0.2) is 0 Å². The Balaban J connectivity index is 1.46. The molecule has 6 heteroatoms. The summed E-state index contributed by atoms with van der Waals surface area (Å²) in [6.45, 7) is 23.5. The topological polar surface area (TPSA) is 72.6 Å². The molecule has 0 saturated carbocycles. The minimum atomic E-state index is -0.495. The molecule has 6 nitrogen and oxygen atoms in total. The zero-order valence-electron chi connectivity index (χ0n) is 29.9. The summed E-state index contributed by atoms with van der Waals surface area (Å²) in [5, 5.41) is 22.6. The molecule has 46 heavy (non-hydrogen) atoms. The summed E-state index contributed by atoms with van der Waals surface area (Å²) in [4.78, 5) is 7.10. The third-order valence-corrected chi connectivity index (χ3v) is 9.28. The molecule has 3 rings (SSSR count). The van der Waals surface area contributed by atoms with Crippen molar-refractivity contribution in [2.24, 2.45) is 15.2 Å². The van der Waals surface area contributed by atoms with Crippen molar-refractivity contribution in [3.8, 4) is 0 Å². The number of allylic oxidation sites excluding steroid dienone is 4. The molecule has 2 N–H and O–H groups in total. The van der Waals surface area contributed by atoms with Gasteiger partial charge in [0.25, 0.3) is 0 Å². The normalized spacial score (nSPS) is 15.9. The van der Waals surface area contributed by atoms with Crippen LogP contribution in [0.5, 0.6) is 0 Å². The zero-order valence-corrected chi connectivity index (χ0v) is 29.9. The monoisotopic (exact) mass is 627 g/mol. The summed E-state index contributed by atoms with van der Waals surface area (Å²) >= 11 is 0. The van der Waals surface area contributed by atoms with Crippen molar-refractivity contribution in [2.75, 3.05) is 7.05 Å². The minimum Gasteiger partial charge on any atom is -0.393 e. The van der Waals surface area contributed by atoms with Crippen molar-refractivity contribution in [2.45, 2.75) is 143 Å². The van der Waals surface area contributed by atoms with E-state index >= 15 is 0 Å². The van der Waals surface area contributed by atoms with E-state index in [0.717, 1.165) is 63.9 Å². The summed E-state index contributed by atoms with van der Waals surface area (Å²) in [5.41, 5.74) is 8.35. The highest BCUT2D eigenvalue weighted by molar-refractivity contribution is 6.14. The molecular formula is C40H61N5O. The molecule has 2 aliphatic rings. The number of nitrogens with zero attached hydrogens (tertiary/aromatic N) is 4. The molecule has 0 radical (unpaired) electrons. The molecule has 1 unspecified atom stereocenters. The highest BCUT2D eigenvalue weighted by Gasteiger charge is 2.34. The summed E-state index contributed by atoms with van der Waals surface area (Å²) in [6, 6.07) is 8.52. The lowest BCUT2D eigenvalue weighted by Gasteiger charge is -2.39. The van der Waals surface area contributed by atoms with Crippen LogP contribution in [0.4, 0.5) is 0 Å². The summed E-state index contributed by atoms with van der Waals surface area (Å²) < 4.78 is 0. The van der Waals surface area contributed by atoms with Crippen molar-refractivity contribution < 1.29 is 5.11 Å². The molecule has 0 saturated heterocycles. The Morgan fingerprint density at radius 3 is 2.09 bits per heavy atom. The largest absolute Gasteiger partial charge is 0.393 e. The van der Waals surface area contributed by atoms with Crippen LogP contribution in [-0.4, -0.2) is 46.0 Å². The predicted octanol–water partition coefficient (Wildman–Crippen LogP) is 9.93. The van der Waals surface area contributed by atoms with Crippen molar-refractivity contribution in [3.05, 3.63) is 77.8 Å². The lowest BCUT2D eigenvalue weighted by molar-refractivity contribution is 0.161. The Bertz CT molecular complexity index is 1330. The van der Waals surface area contributed by atoms with E-state index in [1.54, 1.807) is 0 Å². The van der Waals surface area contributed by atoms with Crippen LogP contribution in [0.15, 0.2) is 81.9 Å². The number of unbranched alkanes of at least 4 members (excludes halogenated alkanes) is 10. The van der Waals surface area contributed by atoms with Gasteiger partial charge in [0.2, 0.25) is 0 Å². The highest BCUT2D eigenvalue weighted by Crippen LogP contribution is 2.34. The van der Waals surface area contributed by atoms with Gasteiger partial charge in [-0.2, -0.15) is 10.2 Å². The van der Waals surface area contributed by atoms with Crippen LogP contribution in [0, 0.1) is 0 Å². The lowest BCUT2D eigenvalue weighted by Crippen LogP contribution is -2.54. The predicted molar refractivity (Wildman–Crippen MR) is 199 cm³/mol. The molecule has 0 fully saturated rings. The van der Waals surface area contributed by atoms with Gasteiger partial charge in [0.05, 0.1) is 23.1 Å². The first-order chi connectivity index (χ1) is 21.9. The van der Waals surface area contributed by atoms with Gasteiger partial charge in [-0.05, 0) is 57.2 Å². The van der Waals surface area contributed by atoms with Crippen molar-refractivity contribution in [1.29, 1.82) is 0 Å². The molecule has 0 aromatic heterocycles. The van der Waals surface area contributed by atoms with Crippen molar-refractivity contribution in [3.63, 3.8) is 0 Å². The number of rotatable bonds is 21. The number of benzene rings is 1. The molecule has 0 spiro atoms. The molecule has 2 heterocycles. The Kier molecular flexibility index (Phi) is 14.7. The van der Waals surface area contributed by atoms with E-state index in [4.69, 9.17) is 4.99 Å². The number of aliphatic hydroxyl groups excluding tert-OH is 1. The van der Waals surface area contributed by atoms with Gasteiger partial charge >= 0.3 is 0 Å². The molecule has 2 aliphatic heterocycles. The molecule has 0 bridgehead atoms. The van der Waals surface area contributed by atoms with E-state index in [2.05, 4.69) is 85.2 Å². The quantitative estimate of drug-likeness (QED) is 0.133. The van der Waals surface area contributed by atoms with Gasteiger partial charge in [-0.3, -0.25) is 0 Å². The van der Waals surface area contributed by atoms with Gasteiger partial charge in [-0.25, -0.2) is 4.99 Å². The summed E-state index contributed by atoms with van der Waals surface area (Å²) in [5.74, 6) is 0.873. The first kappa shape index (κ1) is 37.2. The number of hydrogen-bond acceptors (Lipinski definition) is 6. The van der Waals surface area contributed by atoms with Crippen LogP contribution in [0.1, 0.15) is 136 Å². The molecule has 252 valence electrons. The third kappa shape index (κ3) is 11.2. The standard InChI is InChI=1S/C40H61N5O/c1-10-11-12-13-14-15-16-17-18-19-20-21-36(46)28-34-22-24-35(25-23-34)29(2)26-37-31(4)41-39(45(9)33(37)6)40(7,8)42-32(5)38-27-30(3)43-44-38/h22-25,36,42,46H,2,5-6,10-21,26-28H2,1,3-4,7-9H3. The van der Waals surface area contributed by atoms with Gasteiger partial charge in [0.1, 0.15) is 5.84 Å². The number of aliphatic imine (C=N–C) groups is 1. The van der Waals surface area contributed by atoms with Crippen LogP contribution < -0.4 is 5.32 Å². The molecular weight excluding hydrogens is 566 g/mol. The first-order valence-corrected chi connectivity index (χ1v) is 17.7. The second-order valence-corrected chi connectivity index (χ2v) is 14.0. The van der Waals surface area contributed by atoms with Gasteiger partial charge < -0.3 is 15.3 Å². The van der Waals surface area contributed by atoms with E-state index in [-0.39, 0.29) is 6.10 Å². The van der Waals surface area contributed by atoms with E-state index < -0.39 is 5.54 Å². The van der Waals surface area contributed by atoms with Gasteiger partial charge in [-0.1, -0.05) is 122 Å². The average Bonchev–Trinajstić information content (AvgIpc) is 3.46. The van der Waals surface area contributed by atoms with Gasteiger partial charge in [-0.15, -0.1) is 0 Å². The SMILES string of the molecule is C=C(NC(C)(C)C1=NC(C)=C(CC(=C)c2ccc(CC(O)CCCCCCCCCCCCC)cc2)C(=C)N1C)C1=NN=C(C)C1. The first-order valence-electron chi connectivity index (χ1n) is 17.7. The lowest BCUT2D eigenvalue weighted by atomic mass is 9.92. The van der Waals surface area contributed by atoms with Crippen molar-refractivity contribution >= 4 is 22.8 Å². The number of nitrogens with one attached hydrogen (secondary N) is 1. The maximum atomic E-state index is 10.6. The van der Waals surface area contributed by atoms with Crippen LogP contribution in [0.2, 0.25) is 0 Å². The van der Waals surface area contributed by atoms with E-state index in [9.17, 15) is 5.11 Å². The third-order valence-electron chi connectivity index (χ3n) is 9.28. The smallest absolute Gasteiger partial charge is 0.134 e. The maximum Gasteiger partial charge on any atom is 0.134 e. The Hall–Kier alpha value is -3.25. The molecule has 1 atom stereocenters. The second-order valence-electron chi connectivity index (χ2n) is 14.0. The number of aliphatic hydroxyl groups is 1. The molecule has 1 aromatic rings. The van der Waals surface area contributed by atoms with E-state index in [1.807, 2.05) is 20.9 Å². The summed E-state index contributed by atoms with van der Waals surface area (Å²) in [6.07, 6.45) is 17.3. The van der Waals surface area contributed by atoms with Gasteiger partial charge in [0, 0.05) is 42.6 Å². The summed E-state index contributed by atoms with van der Waals surface area (Å²) in [7, 11) is 2.01. The average molecular weight is 628 g/mol. The van der Waals surface area contributed by atoms with Crippen LogP contribution in [0.25, 0.3) is 5.57 Å². The van der Waals surface area contributed by atoms with Crippen LogP contribution >= 0.6 is 0 Å². The highest BCUT2D eigenvalue weighted by atomic mass is 16.3. The van der Waals surface area contributed by atoms with E-state index in [0.29, 0.717) is 19.3 Å².